The molecule has 6 nitrogen and oxygen atoms in total. The number of carboxylic acids is 1. The Morgan fingerprint density at radius 3 is 2.60 bits per heavy atom. The summed E-state index contributed by atoms with van der Waals surface area (Å²) in [6.45, 7) is 2.84. The summed E-state index contributed by atoms with van der Waals surface area (Å²) in [7, 11) is 1.85. The summed E-state index contributed by atoms with van der Waals surface area (Å²) in [6, 6.07) is 13.0. The monoisotopic (exact) mass is 426 g/mol. The number of carbonyl (C=O) groups is 2. The summed E-state index contributed by atoms with van der Waals surface area (Å²) < 4.78 is 7.48. The fraction of sp³-hybridized carbons (Fsp3) is 0.304. The number of benzene rings is 2. The van der Waals surface area contributed by atoms with Gasteiger partial charge in [-0.1, -0.05) is 41.9 Å². The molecule has 1 fully saturated rings. The lowest BCUT2D eigenvalue weighted by Crippen LogP contribution is -2.47. The standard InChI is InChI=1S/C23H23ClN2O4/c1-14-3-8-18-17(21(14)24)12-19(26(18)2)22(29)25-23(9-10-30-13-23)16-6-4-15(5-7-16)11-20(27)28/h3-8,12H,9-11,13H2,1-2H3,(H,25,29)(H,27,28)/t23-/m0/s1. The molecule has 2 N–H and O–H groups in total. The average molecular weight is 427 g/mol. The van der Waals surface area contributed by atoms with Crippen LogP contribution in [0.25, 0.3) is 10.9 Å². The number of hydrogen-bond donors (Lipinski definition) is 2. The second kappa shape index (κ2) is 7.78. The minimum atomic E-state index is -0.875. The SMILES string of the molecule is Cc1ccc2c(cc(C(=O)N[C@@]3(c4ccc(CC(=O)O)cc4)CCOC3)n2C)c1Cl. The lowest BCUT2D eigenvalue weighted by molar-refractivity contribution is -0.136. The topological polar surface area (TPSA) is 80.6 Å². The molecule has 1 aliphatic rings. The number of rotatable bonds is 5. The van der Waals surface area contributed by atoms with Gasteiger partial charge in [0.1, 0.15) is 5.69 Å². The summed E-state index contributed by atoms with van der Waals surface area (Å²) in [6.07, 6.45) is 0.604. The predicted octanol–water partition coefficient (Wildman–Crippen LogP) is 3.81. The molecule has 1 atom stereocenters. The van der Waals surface area contributed by atoms with Crippen LogP contribution < -0.4 is 5.32 Å². The summed E-state index contributed by atoms with van der Waals surface area (Å²) in [5, 5.41) is 13.6. The van der Waals surface area contributed by atoms with E-state index in [9.17, 15) is 9.59 Å². The zero-order valence-electron chi connectivity index (χ0n) is 16.9. The molecule has 0 radical (unpaired) electrons. The highest BCUT2D eigenvalue weighted by Crippen LogP contribution is 2.33. The molecule has 7 heteroatoms. The molecule has 0 bridgehead atoms. The highest BCUT2D eigenvalue weighted by atomic mass is 35.5. The highest BCUT2D eigenvalue weighted by molar-refractivity contribution is 6.36. The van der Waals surface area contributed by atoms with Crippen molar-refractivity contribution < 1.29 is 19.4 Å². The van der Waals surface area contributed by atoms with Crippen LogP contribution in [0.15, 0.2) is 42.5 Å². The lowest BCUT2D eigenvalue weighted by atomic mass is 9.88. The van der Waals surface area contributed by atoms with E-state index in [-0.39, 0.29) is 12.3 Å². The van der Waals surface area contributed by atoms with Gasteiger partial charge in [0, 0.05) is 31.0 Å². The zero-order valence-corrected chi connectivity index (χ0v) is 17.6. The quantitative estimate of drug-likeness (QED) is 0.650. The van der Waals surface area contributed by atoms with E-state index in [1.165, 1.54) is 0 Å². The van der Waals surface area contributed by atoms with Crippen LogP contribution in [-0.2, 0) is 28.5 Å². The van der Waals surface area contributed by atoms with Crippen LogP contribution in [0.1, 0.15) is 33.6 Å². The first-order valence-electron chi connectivity index (χ1n) is 9.77. The molecule has 2 aromatic carbocycles. The smallest absolute Gasteiger partial charge is 0.307 e. The van der Waals surface area contributed by atoms with Gasteiger partial charge in [0.2, 0.25) is 0 Å². The van der Waals surface area contributed by atoms with Crippen molar-refractivity contribution in [1.82, 2.24) is 9.88 Å². The number of carbonyl (C=O) groups excluding carboxylic acids is 1. The molecule has 3 aromatic rings. The van der Waals surface area contributed by atoms with E-state index in [1.807, 2.05) is 48.9 Å². The van der Waals surface area contributed by atoms with Crippen LogP contribution in [0, 0.1) is 6.92 Å². The third kappa shape index (κ3) is 3.57. The van der Waals surface area contributed by atoms with Crippen molar-refractivity contribution in [2.24, 2.45) is 7.05 Å². The van der Waals surface area contributed by atoms with Crippen LogP contribution in [0.4, 0.5) is 0 Å². The maximum Gasteiger partial charge on any atom is 0.307 e. The van der Waals surface area contributed by atoms with Crippen molar-refractivity contribution in [1.29, 1.82) is 0 Å². The van der Waals surface area contributed by atoms with Crippen molar-refractivity contribution in [3.63, 3.8) is 0 Å². The Labute approximate surface area is 179 Å². The predicted molar refractivity (Wildman–Crippen MR) is 115 cm³/mol. The highest BCUT2D eigenvalue weighted by Gasteiger charge is 2.39. The molecular formula is C23H23ClN2O4. The Morgan fingerprint density at radius 2 is 1.97 bits per heavy atom. The summed E-state index contributed by atoms with van der Waals surface area (Å²) in [4.78, 5) is 24.2. The fourth-order valence-corrected chi connectivity index (χ4v) is 4.28. The number of aryl methyl sites for hydroxylation is 2. The van der Waals surface area contributed by atoms with Crippen LogP contribution in [0.5, 0.6) is 0 Å². The van der Waals surface area contributed by atoms with Crippen molar-refractivity contribution in [2.75, 3.05) is 13.2 Å². The number of nitrogens with zero attached hydrogens (tertiary/aromatic N) is 1. The van der Waals surface area contributed by atoms with E-state index in [0.29, 0.717) is 35.9 Å². The van der Waals surface area contributed by atoms with Gasteiger partial charge < -0.3 is 19.7 Å². The first-order valence-corrected chi connectivity index (χ1v) is 10.1. The molecule has 1 saturated heterocycles. The Bertz CT molecular complexity index is 1130. The molecule has 4 rings (SSSR count). The first-order chi connectivity index (χ1) is 14.3. The average Bonchev–Trinajstić information content (AvgIpc) is 3.31. The van der Waals surface area contributed by atoms with Crippen LogP contribution >= 0.6 is 11.6 Å². The second-order valence-corrected chi connectivity index (χ2v) is 8.20. The number of aliphatic carboxylic acids is 1. The molecule has 30 heavy (non-hydrogen) atoms. The molecular weight excluding hydrogens is 404 g/mol. The number of carboxylic acid groups (broad SMARTS) is 1. The number of nitrogens with one attached hydrogen (secondary N) is 1. The van der Waals surface area contributed by atoms with Gasteiger partial charge in [0.25, 0.3) is 5.91 Å². The fourth-order valence-electron chi connectivity index (χ4n) is 4.06. The van der Waals surface area contributed by atoms with Crippen LogP contribution in [0.3, 0.4) is 0 Å². The van der Waals surface area contributed by atoms with E-state index < -0.39 is 11.5 Å². The van der Waals surface area contributed by atoms with Gasteiger partial charge in [-0.2, -0.15) is 0 Å². The Hall–Kier alpha value is -2.83. The molecule has 2 heterocycles. The van der Waals surface area contributed by atoms with Crippen molar-refractivity contribution in [2.45, 2.75) is 25.3 Å². The normalized spacial score (nSPS) is 18.6. The van der Waals surface area contributed by atoms with Gasteiger partial charge in [0.05, 0.1) is 23.6 Å². The van der Waals surface area contributed by atoms with Gasteiger partial charge in [-0.15, -0.1) is 0 Å². The van der Waals surface area contributed by atoms with Crippen molar-refractivity contribution in [3.8, 4) is 0 Å². The van der Waals surface area contributed by atoms with Gasteiger partial charge in [-0.25, -0.2) is 0 Å². The third-order valence-electron chi connectivity index (χ3n) is 5.82. The Kier molecular flexibility index (Phi) is 5.30. The van der Waals surface area contributed by atoms with Gasteiger partial charge in [-0.05, 0) is 35.7 Å². The van der Waals surface area contributed by atoms with Crippen molar-refractivity contribution >= 4 is 34.4 Å². The van der Waals surface area contributed by atoms with E-state index in [4.69, 9.17) is 21.4 Å². The van der Waals surface area contributed by atoms with E-state index in [1.54, 1.807) is 12.1 Å². The lowest BCUT2D eigenvalue weighted by Gasteiger charge is -2.29. The molecule has 1 aliphatic heterocycles. The van der Waals surface area contributed by atoms with E-state index >= 15 is 0 Å². The van der Waals surface area contributed by atoms with E-state index in [0.717, 1.165) is 22.0 Å². The van der Waals surface area contributed by atoms with Crippen LogP contribution in [-0.4, -0.2) is 34.8 Å². The van der Waals surface area contributed by atoms with Gasteiger partial charge >= 0.3 is 5.97 Å². The maximum absolute atomic E-state index is 13.3. The van der Waals surface area contributed by atoms with Gasteiger partial charge in [0.15, 0.2) is 0 Å². The number of aromatic nitrogens is 1. The maximum atomic E-state index is 13.3. The number of halogens is 1. The first kappa shape index (κ1) is 20.4. The summed E-state index contributed by atoms with van der Waals surface area (Å²) in [5.41, 5.74) is 3.33. The van der Waals surface area contributed by atoms with E-state index in [2.05, 4.69) is 5.32 Å². The molecule has 0 saturated carbocycles. The number of fused-ring (bicyclic) bond motifs is 1. The number of amides is 1. The van der Waals surface area contributed by atoms with Crippen molar-refractivity contribution in [3.05, 3.63) is 69.9 Å². The molecule has 156 valence electrons. The third-order valence-corrected chi connectivity index (χ3v) is 6.32. The second-order valence-electron chi connectivity index (χ2n) is 7.82. The molecule has 1 amide bonds. The van der Waals surface area contributed by atoms with Gasteiger partial charge in [-0.3, -0.25) is 9.59 Å². The number of ether oxygens (including phenoxy) is 1. The zero-order chi connectivity index (χ0) is 21.5. The Balaban J connectivity index is 1.66. The van der Waals surface area contributed by atoms with Crippen LogP contribution in [0.2, 0.25) is 5.02 Å². The minimum Gasteiger partial charge on any atom is -0.481 e. The molecule has 0 aliphatic carbocycles. The largest absolute Gasteiger partial charge is 0.481 e. The number of hydrogen-bond acceptors (Lipinski definition) is 3. The Morgan fingerprint density at radius 1 is 1.23 bits per heavy atom. The summed E-state index contributed by atoms with van der Waals surface area (Å²) in [5.74, 6) is -1.08. The molecule has 1 aromatic heterocycles. The molecule has 0 unspecified atom stereocenters. The molecule has 0 spiro atoms. The minimum absolute atomic E-state index is 0.0355. The summed E-state index contributed by atoms with van der Waals surface area (Å²) >= 11 is 6.45.